The predicted molar refractivity (Wildman–Crippen MR) is 122 cm³/mol. The maximum Gasteiger partial charge on any atom is 0.251 e. The summed E-state index contributed by atoms with van der Waals surface area (Å²) in [5.74, 6) is 1.61. The Morgan fingerprint density at radius 2 is 1.76 bits per heavy atom. The monoisotopic (exact) mass is 431 g/mol. The van der Waals surface area contributed by atoms with Crippen LogP contribution in [0.3, 0.4) is 0 Å². The molecule has 1 N–H and O–H groups in total. The molecular weight excluding hydrogens is 402 g/mol. The molecule has 1 amide bonds. The summed E-state index contributed by atoms with van der Waals surface area (Å²) in [6.45, 7) is 2.58. The fourth-order valence-corrected chi connectivity index (χ4v) is 4.69. The van der Waals surface area contributed by atoms with Gasteiger partial charge in [0.2, 0.25) is 0 Å². The molecule has 1 saturated carbocycles. The first kappa shape index (κ1) is 22.0. The molecule has 0 heterocycles. The molecule has 0 atom stereocenters. The van der Waals surface area contributed by atoms with Crippen LogP contribution in [-0.4, -0.2) is 18.6 Å². The van der Waals surface area contributed by atoms with E-state index >= 15 is 0 Å². The van der Waals surface area contributed by atoms with E-state index in [1.54, 1.807) is 11.8 Å². The minimum atomic E-state index is 0.0244. The van der Waals surface area contributed by atoms with Crippen molar-refractivity contribution in [1.29, 1.82) is 0 Å². The Balaban J connectivity index is 1.68. The molecule has 2 aromatic carbocycles. The lowest BCUT2D eigenvalue weighted by Crippen LogP contribution is -2.35. The number of carbonyl (C=O) groups is 1. The number of rotatable bonds is 7. The van der Waals surface area contributed by atoms with E-state index in [0.29, 0.717) is 18.2 Å². The van der Waals surface area contributed by atoms with E-state index < -0.39 is 0 Å². The van der Waals surface area contributed by atoms with Crippen molar-refractivity contribution in [3.63, 3.8) is 0 Å². The first-order valence-corrected chi connectivity index (χ1v) is 12.0. The molecule has 3 rings (SSSR count). The van der Waals surface area contributed by atoms with Gasteiger partial charge in [0.25, 0.3) is 5.91 Å². The van der Waals surface area contributed by atoms with Crippen LogP contribution in [0.15, 0.2) is 47.4 Å². The van der Waals surface area contributed by atoms with Crippen molar-refractivity contribution >= 4 is 29.3 Å². The Bertz CT molecular complexity index is 786. The second-order valence-corrected chi connectivity index (χ2v) is 9.00. The third kappa shape index (κ3) is 6.97. The number of carbonyl (C=O) groups excluding carboxylic acids is 1. The molecule has 0 bridgehead atoms. The predicted octanol–water partition coefficient (Wildman–Crippen LogP) is 6.87. The van der Waals surface area contributed by atoms with Crippen LogP contribution < -0.4 is 10.1 Å². The summed E-state index contributed by atoms with van der Waals surface area (Å²) in [6, 6.07) is 13.9. The Kier molecular flexibility index (Phi) is 8.75. The standard InChI is InChI=1S/C24H30ClNO2S/c1-2-28-23-15-10-18(24(27)26-21-8-6-4-3-5-7-9-21)16-19(23)17-29-22-13-11-20(25)12-14-22/h10-16,21H,2-9,17H2,1H3,(H,26,27). The number of hydrogen-bond acceptors (Lipinski definition) is 3. The minimum absolute atomic E-state index is 0.0244. The van der Waals surface area contributed by atoms with Crippen molar-refractivity contribution in [3.05, 3.63) is 58.6 Å². The van der Waals surface area contributed by atoms with Crippen molar-refractivity contribution in [2.75, 3.05) is 6.61 Å². The van der Waals surface area contributed by atoms with Gasteiger partial charge in [0.05, 0.1) is 6.61 Å². The summed E-state index contributed by atoms with van der Waals surface area (Å²) >= 11 is 7.69. The second-order valence-electron chi connectivity index (χ2n) is 7.51. The maximum atomic E-state index is 12.9. The number of nitrogens with one attached hydrogen (secondary N) is 1. The van der Waals surface area contributed by atoms with Crippen LogP contribution in [0.4, 0.5) is 0 Å². The Morgan fingerprint density at radius 3 is 2.45 bits per heavy atom. The van der Waals surface area contributed by atoms with Crippen LogP contribution in [0.1, 0.15) is 67.8 Å². The summed E-state index contributed by atoms with van der Waals surface area (Å²) in [5.41, 5.74) is 1.75. The highest BCUT2D eigenvalue weighted by atomic mass is 35.5. The van der Waals surface area contributed by atoms with E-state index in [1.807, 2.05) is 49.4 Å². The molecule has 0 aromatic heterocycles. The van der Waals surface area contributed by atoms with Gasteiger partial charge in [0.1, 0.15) is 5.75 Å². The van der Waals surface area contributed by atoms with Gasteiger partial charge >= 0.3 is 0 Å². The molecule has 1 aliphatic rings. The molecule has 0 unspecified atom stereocenters. The first-order chi connectivity index (χ1) is 14.2. The summed E-state index contributed by atoms with van der Waals surface area (Å²) in [7, 11) is 0. The number of benzene rings is 2. The van der Waals surface area contributed by atoms with Gasteiger partial charge in [-0.1, -0.05) is 43.7 Å². The lowest BCUT2D eigenvalue weighted by molar-refractivity contribution is 0.0930. The van der Waals surface area contributed by atoms with Crippen molar-refractivity contribution in [2.45, 2.75) is 68.6 Å². The highest BCUT2D eigenvalue weighted by Gasteiger charge is 2.16. The van der Waals surface area contributed by atoms with E-state index in [2.05, 4.69) is 5.32 Å². The van der Waals surface area contributed by atoms with Crippen LogP contribution in [0.2, 0.25) is 5.02 Å². The molecule has 0 saturated heterocycles. The number of ether oxygens (including phenoxy) is 1. The van der Waals surface area contributed by atoms with Gasteiger partial charge in [-0.05, 0) is 62.2 Å². The Hall–Kier alpha value is -1.65. The smallest absolute Gasteiger partial charge is 0.251 e. The van der Waals surface area contributed by atoms with E-state index in [0.717, 1.165) is 39.8 Å². The fraction of sp³-hybridized carbons (Fsp3) is 0.458. The van der Waals surface area contributed by atoms with Gasteiger partial charge in [-0.15, -0.1) is 11.8 Å². The average molecular weight is 432 g/mol. The summed E-state index contributed by atoms with van der Waals surface area (Å²) in [6.07, 6.45) is 8.47. The fourth-order valence-electron chi connectivity index (χ4n) is 3.69. The van der Waals surface area contributed by atoms with E-state index in [1.165, 1.54) is 32.1 Å². The van der Waals surface area contributed by atoms with Gasteiger partial charge < -0.3 is 10.1 Å². The zero-order chi connectivity index (χ0) is 20.5. The summed E-state index contributed by atoms with van der Waals surface area (Å²) in [4.78, 5) is 14.0. The Labute approximate surface area is 183 Å². The van der Waals surface area contributed by atoms with Crippen molar-refractivity contribution in [1.82, 2.24) is 5.32 Å². The largest absolute Gasteiger partial charge is 0.494 e. The average Bonchev–Trinajstić information content (AvgIpc) is 2.70. The number of amides is 1. The molecule has 1 aliphatic carbocycles. The van der Waals surface area contributed by atoms with E-state index in [-0.39, 0.29) is 5.91 Å². The Morgan fingerprint density at radius 1 is 1.07 bits per heavy atom. The molecule has 2 aromatic rings. The van der Waals surface area contributed by atoms with E-state index in [4.69, 9.17) is 16.3 Å². The normalized spacial score (nSPS) is 15.4. The van der Waals surface area contributed by atoms with Crippen molar-refractivity contribution in [2.24, 2.45) is 0 Å². The molecular formula is C24H30ClNO2S. The van der Waals surface area contributed by atoms with Crippen molar-refractivity contribution in [3.8, 4) is 5.75 Å². The number of hydrogen-bond donors (Lipinski definition) is 1. The highest BCUT2D eigenvalue weighted by Crippen LogP contribution is 2.30. The first-order valence-electron chi connectivity index (χ1n) is 10.6. The van der Waals surface area contributed by atoms with Crippen LogP contribution in [0.5, 0.6) is 5.75 Å². The topological polar surface area (TPSA) is 38.3 Å². The third-order valence-electron chi connectivity index (χ3n) is 5.27. The lowest BCUT2D eigenvalue weighted by atomic mass is 9.96. The summed E-state index contributed by atoms with van der Waals surface area (Å²) in [5, 5.41) is 3.99. The highest BCUT2D eigenvalue weighted by molar-refractivity contribution is 7.98. The molecule has 0 radical (unpaired) electrons. The molecule has 0 aliphatic heterocycles. The van der Waals surface area contributed by atoms with Crippen LogP contribution in [0, 0.1) is 0 Å². The van der Waals surface area contributed by atoms with Gasteiger partial charge in [-0.25, -0.2) is 0 Å². The lowest BCUT2D eigenvalue weighted by Gasteiger charge is -2.21. The zero-order valence-electron chi connectivity index (χ0n) is 17.1. The molecule has 29 heavy (non-hydrogen) atoms. The molecule has 5 heteroatoms. The zero-order valence-corrected chi connectivity index (χ0v) is 18.7. The van der Waals surface area contributed by atoms with Gasteiger partial charge in [0, 0.05) is 32.8 Å². The second kappa shape index (κ2) is 11.5. The summed E-state index contributed by atoms with van der Waals surface area (Å²) < 4.78 is 5.79. The maximum absolute atomic E-state index is 12.9. The van der Waals surface area contributed by atoms with Gasteiger partial charge in [-0.3, -0.25) is 4.79 Å². The minimum Gasteiger partial charge on any atom is -0.494 e. The van der Waals surface area contributed by atoms with Gasteiger partial charge in [-0.2, -0.15) is 0 Å². The number of halogens is 1. The molecule has 1 fully saturated rings. The SMILES string of the molecule is CCOc1ccc(C(=O)NC2CCCCCCC2)cc1CSc1ccc(Cl)cc1. The van der Waals surface area contributed by atoms with Gasteiger partial charge in [0.15, 0.2) is 0 Å². The molecule has 0 spiro atoms. The van der Waals surface area contributed by atoms with Crippen LogP contribution in [0.25, 0.3) is 0 Å². The quantitative estimate of drug-likeness (QED) is 0.486. The third-order valence-corrected chi connectivity index (χ3v) is 6.58. The molecule has 3 nitrogen and oxygen atoms in total. The van der Waals surface area contributed by atoms with Crippen LogP contribution in [-0.2, 0) is 5.75 Å². The van der Waals surface area contributed by atoms with Crippen LogP contribution >= 0.6 is 23.4 Å². The molecule has 156 valence electrons. The van der Waals surface area contributed by atoms with E-state index in [9.17, 15) is 4.79 Å². The number of thioether (sulfide) groups is 1. The van der Waals surface area contributed by atoms with Crippen molar-refractivity contribution < 1.29 is 9.53 Å².